The summed E-state index contributed by atoms with van der Waals surface area (Å²) in [5.41, 5.74) is 15.7. The zero-order chi connectivity index (χ0) is 34.1. The molecule has 0 saturated carbocycles. The van der Waals surface area contributed by atoms with Crippen molar-refractivity contribution in [2.45, 2.75) is 26.2 Å². The normalized spacial score (nSPS) is 12.8. The van der Waals surface area contributed by atoms with Gasteiger partial charge >= 0.3 is 0 Å². The molecule has 0 saturated heterocycles. The van der Waals surface area contributed by atoms with E-state index < -0.39 is 0 Å². The Hall–Kier alpha value is -6.12. The van der Waals surface area contributed by atoms with Crippen LogP contribution in [0, 0.1) is 6.92 Å². The second kappa shape index (κ2) is 13.1. The molecule has 2 heteroatoms. The summed E-state index contributed by atoms with van der Waals surface area (Å²) in [5, 5.41) is 0. The molecule has 50 heavy (non-hydrogen) atoms. The van der Waals surface area contributed by atoms with Crippen LogP contribution in [0.25, 0.3) is 23.3 Å². The maximum absolute atomic E-state index is 2.39. The highest BCUT2D eigenvalue weighted by atomic mass is 15.1. The Morgan fingerprint density at radius 1 is 0.380 bits per heavy atom. The molecule has 7 aromatic rings. The number of anilines is 6. The second-order valence-corrected chi connectivity index (χ2v) is 13.6. The van der Waals surface area contributed by atoms with Crippen LogP contribution in [0.15, 0.2) is 176 Å². The van der Waals surface area contributed by atoms with E-state index in [2.05, 4.69) is 219 Å². The maximum atomic E-state index is 2.39. The molecule has 1 aliphatic rings. The molecular weight excluding hydrogens is 605 g/mol. The lowest BCUT2D eigenvalue weighted by molar-refractivity contribution is 0.660. The zero-order valence-corrected chi connectivity index (χ0v) is 28.8. The van der Waals surface area contributed by atoms with Crippen molar-refractivity contribution < 1.29 is 0 Å². The lowest BCUT2D eigenvalue weighted by Crippen LogP contribution is -2.16. The Bertz CT molecular complexity index is 2250. The van der Waals surface area contributed by atoms with Crippen molar-refractivity contribution >= 4 is 46.3 Å². The summed E-state index contributed by atoms with van der Waals surface area (Å²) in [7, 11) is 0. The zero-order valence-electron chi connectivity index (χ0n) is 28.8. The van der Waals surface area contributed by atoms with Gasteiger partial charge in [0.25, 0.3) is 0 Å². The van der Waals surface area contributed by atoms with Gasteiger partial charge in [-0.3, -0.25) is 0 Å². The van der Waals surface area contributed by atoms with Crippen molar-refractivity contribution in [3.8, 4) is 11.1 Å². The molecule has 0 atom stereocenters. The molecule has 2 nitrogen and oxygen atoms in total. The molecule has 1 aliphatic carbocycles. The molecule has 0 aliphatic heterocycles. The third-order valence-corrected chi connectivity index (χ3v) is 9.86. The van der Waals surface area contributed by atoms with Crippen LogP contribution >= 0.6 is 0 Å². The molecule has 0 spiro atoms. The van der Waals surface area contributed by atoms with Crippen molar-refractivity contribution in [1.82, 2.24) is 0 Å². The predicted molar refractivity (Wildman–Crippen MR) is 213 cm³/mol. The molecule has 0 fully saturated rings. The van der Waals surface area contributed by atoms with Crippen LogP contribution in [-0.4, -0.2) is 0 Å². The number of fused-ring (bicyclic) bond motifs is 3. The molecule has 0 bridgehead atoms. The van der Waals surface area contributed by atoms with E-state index >= 15 is 0 Å². The molecule has 7 aromatic carbocycles. The van der Waals surface area contributed by atoms with Crippen LogP contribution in [0.5, 0.6) is 0 Å². The van der Waals surface area contributed by atoms with Gasteiger partial charge in [-0.2, -0.15) is 0 Å². The number of hydrogen-bond acceptors (Lipinski definition) is 2. The molecular formula is C48H40N2. The Morgan fingerprint density at radius 2 is 0.800 bits per heavy atom. The predicted octanol–water partition coefficient (Wildman–Crippen LogP) is 13.4. The summed E-state index contributed by atoms with van der Waals surface area (Å²) < 4.78 is 0. The number of para-hydroxylation sites is 3. The van der Waals surface area contributed by atoms with E-state index in [4.69, 9.17) is 0 Å². The van der Waals surface area contributed by atoms with Gasteiger partial charge in [0.05, 0.1) is 0 Å². The van der Waals surface area contributed by atoms with Crippen LogP contribution in [-0.2, 0) is 5.41 Å². The summed E-state index contributed by atoms with van der Waals surface area (Å²) in [4.78, 5) is 4.66. The van der Waals surface area contributed by atoms with E-state index in [0.29, 0.717) is 0 Å². The van der Waals surface area contributed by atoms with Gasteiger partial charge in [0.2, 0.25) is 0 Å². The average molecular weight is 645 g/mol. The van der Waals surface area contributed by atoms with E-state index in [9.17, 15) is 0 Å². The molecule has 0 N–H and O–H groups in total. The second-order valence-electron chi connectivity index (χ2n) is 13.6. The molecule has 0 amide bonds. The van der Waals surface area contributed by atoms with Gasteiger partial charge in [-0.05, 0) is 119 Å². The fourth-order valence-electron chi connectivity index (χ4n) is 7.31. The van der Waals surface area contributed by atoms with Crippen molar-refractivity contribution in [3.05, 3.63) is 204 Å². The third-order valence-electron chi connectivity index (χ3n) is 9.86. The molecule has 0 unspecified atom stereocenters. The lowest BCUT2D eigenvalue weighted by Gasteiger charge is -2.28. The number of nitrogens with zero attached hydrogens (tertiary/aromatic N) is 2. The van der Waals surface area contributed by atoms with E-state index in [1.165, 1.54) is 44.6 Å². The van der Waals surface area contributed by atoms with Gasteiger partial charge in [-0.1, -0.05) is 129 Å². The monoisotopic (exact) mass is 644 g/mol. The Morgan fingerprint density at radius 3 is 1.36 bits per heavy atom. The largest absolute Gasteiger partial charge is 0.310 e. The summed E-state index contributed by atoms with van der Waals surface area (Å²) in [6, 6.07) is 63.2. The first-order valence-corrected chi connectivity index (χ1v) is 17.4. The van der Waals surface area contributed by atoms with Gasteiger partial charge < -0.3 is 9.80 Å². The first kappa shape index (κ1) is 31.2. The standard InChI is InChI=1S/C48H40N2/c1-35-14-13-21-42(32-35)50(40-19-11-6-12-20-40)41-27-24-36(25-28-41)22-23-37-26-30-44-45-31-29-43(34-47(45)48(2,3)46(44)33-37)49(38-15-7-4-8-16-38)39-17-9-5-10-18-39/h4-34H,1-3H3/b23-22+. The summed E-state index contributed by atoms with van der Waals surface area (Å²) in [5.74, 6) is 0. The molecule has 242 valence electrons. The van der Waals surface area contributed by atoms with E-state index in [1.807, 2.05) is 0 Å². The maximum Gasteiger partial charge on any atom is 0.0465 e. The van der Waals surface area contributed by atoms with Crippen LogP contribution in [0.4, 0.5) is 34.1 Å². The first-order chi connectivity index (χ1) is 24.5. The number of aryl methyl sites for hydroxylation is 1. The average Bonchev–Trinajstić information content (AvgIpc) is 3.38. The highest BCUT2D eigenvalue weighted by molar-refractivity contribution is 5.87. The van der Waals surface area contributed by atoms with Gasteiger partial charge in [-0.25, -0.2) is 0 Å². The summed E-state index contributed by atoms with van der Waals surface area (Å²) in [6.45, 7) is 6.85. The van der Waals surface area contributed by atoms with Gasteiger partial charge in [0, 0.05) is 39.5 Å². The van der Waals surface area contributed by atoms with Crippen LogP contribution in [0.1, 0.15) is 41.7 Å². The first-order valence-electron chi connectivity index (χ1n) is 17.4. The molecule has 0 heterocycles. The number of rotatable bonds is 8. The van der Waals surface area contributed by atoms with Gasteiger partial charge in [0.1, 0.15) is 0 Å². The Balaban J connectivity index is 1.07. The fraction of sp³-hybridized carbons (Fsp3) is 0.0833. The smallest absolute Gasteiger partial charge is 0.0465 e. The summed E-state index contributed by atoms with van der Waals surface area (Å²) in [6.07, 6.45) is 4.46. The van der Waals surface area contributed by atoms with Crippen molar-refractivity contribution in [2.75, 3.05) is 9.80 Å². The van der Waals surface area contributed by atoms with Gasteiger partial charge in [0.15, 0.2) is 0 Å². The fourth-order valence-corrected chi connectivity index (χ4v) is 7.31. The minimum Gasteiger partial charge on any atom is -0.310 e. The van der Waals surface area contributed by atoms with E-state index in [-0.39, 0.29) is 5.41 Å². The van der Waals surface area contributed by atoms with Crippen LogP contribution in [0.2, 0.25) is 0 Å². The van der Waals surface area contributed by atoms with E-state index in [0.717, 1.165) is 28.4 Å². The topological polar surface area (TPSA) is 6.48 Å². The molecule has 0 aromatic heterocycles. The highest BCUT2D eigenvalue weighted by Gasteiger charge is 2.36. The van der Waals surface area contributed by atoms with Crippen molar-refractivity contribution in [1.29, 1.82) is 0 Å². The third kappa shape index (κ3) is 5.90. The molecule has 8 rings (SSSR count). The Labute approximate surface area is 296 Å². The number of hydrogen-bond donors (Lipinski definition) is 0. The van der Waals surface area contributed by atoms with Crippen molar-refractivity contribution in [2.24, 2.45) is 0 Å². The minimum absolute atomic E-state index is 0.137. The van der Waals surface area contributed by atoms with Crippen molar-refractivity contribution in [3.63, 3.8) is 0 Å². The van der Waals surface area contributed by atoms with E-state index in [1.54, 1.807) is 0 Å². The SMILES string of the molecule is Cc1cccc(N(c2ccccc2)c2ccc(/C=C/c3ccc4c(c3)C(C)(C)c3cc(N(c5ccccc5)c5ccccc5)ccc3-4)cc2)c1. The quantitative estimate of drug-likeness (QED) is 0.152. The van der Waals surface area contributed by atoms with Gasteiger partial charge in [-0.15, -0.1) is 0 Å². The van der Waals surface area contributed by atoms with Crippen LogP contribution in [0.3, 0.4) is 0 Å². The van der Waals surface area contributed by atoms with Crippen LogP contribution < -0.4 is 9.80 Å². The highest BCUT2D eigenvalue weighted by Crippen LogP contribution is 2.51. The Kier molecular flexibility index (Phi) is 8.14. The summed E-state index contributed by atoms with van der Waals surface area (Å²) >= 11 is 0. The number of benzene rings is 7. The minimum atomic E-state index is -0.137. The molecule has 0 radical (unpaired) electrons. The lowest BCUT2D eigenvalue weighted by atomic mass is 9.81.